The molecule has 0 radical (unpaired) electrons. The van der Waals surface area contributed by atoms with Gasteiger partial charge in [0.2, 0.25) is 10.0 Å². The number of allylic oxidation sites excluding steroid dienone is 1. The van der Waals surface area contributed by atoms with Gasteiger partial charge in [0, 0.05) is 30.9 Å². The Morgan fingerprint density at radius 1 is 1.00 bits per heavy atom. The van der Waals surface area contributed by atoms with E-state index in [4.69, 9.17) is 25.5 Å². The van der Waals surface area contributed by atoms with Crippen molar-refractivity contribution in [1.29, 1.82) is 0 Å². The second-order valence-electron chi connectivity index (χ2n) is 9.48. The molecule has 11 heteroatoms. The van der Waals surface area contributed by atoms with Crippen molar-refractivity contribution in [3.05, 3.63) is 105 Å². The zero-order chi connectivity index (χ0) is 29.7. The maximum Gasteiger partial charge on any atom is 0.340 e. The van der Waals surface area contributed by atoms with Gasteiger partial charge in [-0.2, -0.15) is 4.31 Å². The molecule has 1 aromatic heterocycles. The minimum atomic E-state index is -3.94. The van der Waals surface area contributed by atoms with Gasteiger partial charge < -0.3 is 18.8 Å². The molecule has 1 amide bonds. The van der Waals surface area contributed by atoms with Crippen LogP contribution in [0.3, 0.4) is 0 Å². The maximum absolute atomic E-state index is 13.7. The van der Waals surface area contributed by atoms with E-state index in [2.05, 4.69) is 0 Å². The molecule has 216 valence electrons. The lowest BCUT2D eigenvalue weighted by molar-refractivity contribution is -0.136. The van der Waals surface area contributed by atoms with E-state index < -0.39 is 16.0 Å². The summed E-state index contributed by atoms with van der Waals surface area (Å²) in [6, 6.07) is 16.8. The molecular weight excluding hydrogens is 568 g/mol. The van der Waals surface area contributed by atoms with Crippen LogP contribution >= 0.6 is 11.6 Å². The van der Waals surface area contributed by atoms with Crippen LogP contribution in [0.5, 0.6) is 0 Å². The number of hydrogen-bond acceptors (Lipinski definition) is 7. The molecule has 0 N–H and O–H groups in total. The highest BCUT2D eigenvalue weighted by Gasteiger charge is 2.37. The van der Waals surface area contributed by atoms with Gasteiger partial charge in [-0.05, 0) is 61.9 Å². The number of ether oxygens (including phenoxy) is 2. The summed E-state index contributed by atoms with van der Waals surface area (Å²) >= 11 is 5.99. The highest BCUT2D eigenvalue weighted by atomic mass is 35.5. The van der Waals surface area contributed by atoms with Crippen LogP contribution in [0.15, 0.2) is 86.8 Å². The third-order valence-electron chi connectivity index (χ3n) is 6.65. The lowest BCUT2D eigenvalue weighted by Crippen LogP contribution is -2.30. The fourth-order valence-electron chi connectivity index (χ4n) is 4.43. The zero-order valence-electron chi connectivity index (χ0n) is 23.2. The van der Waals surface area contributed by atoms with Crippen molar-refractivity contribution < 1.29 is 31.9 Å². The van der Waals surface area contributed by atoms with Crippen LogP contribution in [0.4, 0.5) is 0 Å². The van der Waals surface area contributed by atoms with Gasteiger partial charge in [0.15, 0.2) is 0 Å². The second kappa shape index (κ2) is 12.9. The van der Waals surface area contributed by atoms with Crippen molar-refractivity contribution in [2.24, 2.45) is 0 Å². The van der Waals surface area contributed by atoms with Gasteiger partial charge in [0.25, 0.3) is 5.91 Å². The Hall–Kier alpha value is -3.70. The number of esters is 1. The predicted molar refractivity (Wildman–Crippen MR) is 154 cm³/mol. The highest BCUT2D eigenvalue weighted by molar-refractivity contribution is 7.89. The van der Waals surface area contributed by atoms with E-state index >= 15 is 0 Å². The molecule has 0 fully saturated rings. The predicted octanol–water partition coefficient (Wildman–Crippen LogP) is 4.95. The molecule has 0 atom stereocenters. The molecule has 0 saturated heterocycles. The number of carbonyl (C=O) groups is 2. The summed E-state index contributed by atoms with van der Waals surface area (Å²) in [5.74, 6) is -0.398. The first kappa shape index (κ1) is 30.3. The van der Waals surface area contributed by atoms with Crippen LogP contribution in [-0.2, 0) is 42.2 Å². The molecule has 0 saturated carbocycles. The Morgan fingerprint density at radius 3 is 2.32 bits per heavy atom. The van der Waals surface area contributed by atoms with Crippen LogP contribution in [0.25, 0.3) is 6.08 Å². The first-order valence-electron chi connectivity index (χ1n) is 12.8. The van der Waals surface area contributed by atoms with Crippen molar-refractivity contribution in [1.82, 2.24) is 9.21 Å². The van der Waals surface area contributed by atoms with Gasteiger partial charge in [-0.15, -0.1) is 0 Å². The molecule has 2 heterocycles. The summed E-state index contributed by atoms with van der Waals surface area (Å²) in [4.78, 5) is 27.3. The average molecular weight is 599 g/mol. The standard InChI is InChI=1S/C30H31ClN2O7S/c1-20-5-7-22(8-6-20)18-32(41(36,37)26-13-9-23(31)10-14-26)19-25-12-11-24(40-25)17-27-28(30(35)39-4)21(2)33(29(27)34)15-16-38-3/h5-14,17H,15-16,18-19H2,1-4H3/b27-17+. The lowest BCUT2D eigenvalue weighted by atomic mass is 10.1. The van der Waals surface area contributed by atoms with E-state index in [0.717, 1.165) is 11.1 Å². The zero-order valence-corrected chi connectivity index (χ0v) is 24.8. The number of amides is 1. The van der Waals surface area contributed by atoms with Crippen molar-refractivity contribution in [2.75, 3.05) is 27.4 Å². The van der Waals surface area contributed by atoms with E-state index in [9.17, 15) is 18.0 Å². The Kier molecular flexibility index (Phi) is 9.49. The first-order chi connectivity index (χ1) is 19.5. The van der Waals surface area contributed by atoms with E-state index in [1.165, 1.54) is 53.8 Å². The lowest BCUT2D eigenvalue weighted by Gasteiger charge is -2.21. The number of sulfonamides is 1. The monoisotopic (exact) mass is 598 g/mol. The average Bonchev–Trinajstić information content (AvgIpc) is 3.49. The number of carbonyl (C=O) groups excluding carboxylic acids is 2. The molecule has 1 aliphatic rings. The van der Waals surface area contributed by atoms with Crippen molar-refractivity contribution in [3.63, 3.8) is 0 Å². The number of methoxy groups -OCH3 is 2. The normalized spacial score (nSPS) is 14.9. The minimum Gasteiger partial charge on any atom is -0.465 e. The first-order valence-corrected chi connectivity index (χ1v) is 14.6. The van der Waals surface area contributed by atoms with E-state index in [0.29, 0.717) is 16.5 Å². The van der Waals surface area contributed by atoms with Crippen LogP contribution in [0, 0.1) is 6.92 Å². The molecule has 1 aliphatic heterocycles. The van der Waals surface area contributed by atoms with Gasteiger partial charge in [-0.25, -0.2) is 13.2 Å². The Balaban J connectivity index is 1.66. The summed E-state index contributed by atoms with van der Waals surface area (Å²) in [7, 11) is -1.16. The van der Waals surface area contributed by atoms with Crippen LogP contribution in [-0.4, -0.2) is 56.9 Å². The molecule has 2 aromatic carbocycles. The maximum atomic E-state index is 13.7. The number of aryl methyl sites for hydroxylation is 1. The number of rotatable bonds is 11. The number of benzene rings is 2. The van der Waals surface area contributed by atoms with Gasteiger partial charge in [-0.1, -0.05) is 41.4 Å². The van der Waals surface area contributed by atoms with Crippen molar-refractivity contribution in [2.45, 2.75) is 31.8 Å². The van der Waals surface area contributed by atoms with Gasteiger partial charge in [0.05, 0.1) is 36.3 Å². The molecule has 0 bridgehead atoms. The fourth-order valence-corrected chi connectivity index (χ4v) is 5.95. The van der Waals surface area contributed by atoms with Crippen LogP contribution in [0.2, 0.25) is 5.02 Å². The minimum absolute atomic E-state index is 0.0748. The Morgan fingerprint density at radius 2 is 1.68 bits per heavy atom. The Bertz CT molecular complexity index is 1590. The van der Waals surface area contributed by atoms with E-state index in [1.54, 1.807) is 19.1 Å². The summed E-state index contributed by atoms with van der Waals surface area (Å²) in [6.45, 7) is 4.20. The molecule has 0 aliphatic carbocycles. The molecule has 0 unspecified atom stereocenters. The SMILES string of the molecule is COCCN1C(=O)/C(=C/c2ccc(CN(Cc3ccc(C)cc3)S(=O)(=O)c3ccc(Cl)cc3)o2)C(C(=O)OC)=C1C. The molecule has 41 heavy (non-hydrogen) atoms. The third-order valence-corrected chi connectivity index (χ3v) is 8.71. The van der Waals surface area contributed by atoms with Gasteiger partial charge >= 0.3 is 5.97 Å². The van der Waals surface area contributed by atoms with Gasteiger partial charge in [0.1, 0.15) is 11.5 Å². The topological polar surface area (TPSA) is 106 Å². The van der Waals surface area contributed by atoms with E-state index in [-0.39, 0.29) is 54.0 Å². The second-order valence-corrected chi connectivity index (χ2v) is 11.9. The molecule has 4 rings (SSSR count). The van der Waals surface area contributed by atoms with Crippen molar-refractivity contribution in [3.8, 4) is 0 Å². The highest BCUT2D eigenvalue weighted by Crippen LogP contribution is 2.32. The number of nitrogens with zero attached hydrogens (tertiary/aromatic N) is 2. The largest absolute Gasteiger partial charge is 0.465 e. The quantitative estimate of drug-likeness (QED) is 0.227. The van der Waals surface area contributed by atoms with Crippen molar-refractivity contribution >= 4 is 39.6 Å². The number of halogens is 1. The number of hydrogen-bond donors (Lipinski definition) is 0. The summed E-state index contributed by atoms with van der Waals surface area (Å²) in [6.07, 6.45) is 1.46. The fraction of sp³-hybridized carbons (Fsp3) is 0.267. The molecule has 9 nitrogen and oxygen atoms in total. The molecule has 0 spiro atoms. The van der Waals surface area contributed by atoms with Crippen LogP contribution in [0.1, 0.15) is 29.6 Å². The van der Waals surface area contributed by atoms with Crippen LogP contribution < -0.4 is 0 Å². The third kappa shape index (κ3) is 6.79. The summed E-state index contributed by atoms with van der Waals surface area (Å²) in [5.41, 5.74) is 2.57. The van der Waals surface area contributed by atoms with Gasteiger partial charge in [-0.3, -0.25) is 4.79 Å². The smallest absolute Gasteiger partial charge is 0.340 e. The summed E-state index contributed by atoms with van der Waals surface area (Å²) in [5, 5.41) is 0.426. The summed E-state index contributed by atoms with van der Waals surface area (Å²) < 4.78 is 44.6. The molecular formula is C30H31ClN2O7S. The molecule has 3 aromatic rings. The van der Waals surface area contributed by atoms with E-state index in [1.807, 2.05) is 31.2 Å². The number of furan rings is 1. The Labute approximate surface area is 244 Å².